The number of ether oxygens (including phenoxy) is 2. The number of hydrogen-bond donors (Lipinski definition) is 2. The van der Waals surface area contributed by atoms with Crippen molar-refractivity contribution in [1.82, 2.24) is 0 Å². The summed E-state index contributed by atoms with van der Waals surface area (Å²) in [5, 5.41) is 0. The highest BCUT2D eigenvalue weighted by Crippen LogP contribution is 2.43. The monoisotopic (exact) mass is 748 g/mol. The van der Waals surface area contributed by atoms with Crippen LogP contribution < -0.4 is 5.73 Å². The molecule has 0 bridgehead atoms. The van der Waals surface area contributed by atoms with E-state index in [0.29, 0.717) is 6.42 Å². The van der Waals surface area contributed by atoms with Crippen LogP contribution in [0.2, 0.25) is 0 Å². The molecule has 0 saturated carbocycles. The number of carbonyl (C=O) groups is 1. The van der Waals surface area contributed by atoms with Crippen LogP contribution in [0, 0.1) is 0 Å². The summed E-state index contributed by atoms with van der Waals surface area (Å²) in [6.45, 7) is 4.01. The zero-order valence-corrected chi connectivity index (χ0v) is 33.7. The van der Waals surface area contributed by atoms with E-state index < -0.39 is 19.9 Å². The number of phosphoric acid groups is 1. The minimum Gasteiger partial charge on any atom is -0.498 e. The number of phosphoric ester groups is 1. The number of unbranched alkanes of at least 4 members (excludes halogenated alkanes) is 12. The van der Waals surface area contributed by atoms with Crippen molar-refractivity contribution < 1.29 is 32.8 Å². The predicted octanol–water partition coefficient (Wildman–Crippen LogP) is 12.1. The van der Waals surface area contributed by atoms with Crippen molar-refractivity contribution in [2.24, 2.45) is 5.73 Å². The molecule has 0 aliphatic carbocycles. The van der Waals surface area contributed by atoms with Gasteiger partial charge in [-0.3, -0.25) is 13.8 Å². The first-order valence-electron chi connectivity index (χ1n) is 20.1. The van der Waals surface area contributed by atoms with E-state index in [1.807, 2.05) is 6.08 Å². The Kier molecular flexibility index (Phi) is 37.8. The van der Waals surface area contributed by atoms with Crippen LogP contribution >= 0.6 is 7.82 Å². The average molecular weight is 748 g/mol. The Morgan fingerprint density at radius 3 is 1.65 bits per heavy atom. The molecule has 0 fully saturated rings. The molecule has 0 heterocycles. The second-order valence-electron chi connectivity index (χ2n) is 12.8. The van der Waals surface area contributed by atoms with Gasteiger partial charge in [-0.25, -0.2) is 4.57 Å². The van der Waals surface area contributed by atoms with Crippen LogP contribution in [-0.4, -0.2) is 43.3 Å². The van der Waals surface area contributed by atoms with Crippen molar-refractivity contribution in [3.63, 3.8) is 0 Å². The molecule has 0 radical (unpaired) electrons. The molecule has 0 amide bonds. The SMILES string of the molecule is CCC=CCC=CCC=CCC=CCC=CCCCC(=O)OC(COC=CCCCCCCCCC=CCCCCCC)COP(=O)(O)OCCN. The molecule has 52 heavy (non-hydrogen) atoms. The zero-order valence-electron chi connectivity index (χ0n) is 32.8. The summed E-state index contributed by atoms with van der Waals surface area (Å²) in [4.78, 5) is 22.4. The second-order valence-corrected chi connectivity index (χ2v) is 14.3. The zero-order chi connectivity index (χ0) is 38.1. The number of esters is 1. The Morgan fingerprint density at radius 2 is 1.10 bits per heavy atom. The molecule has 0 spiro atoms. The van der Waals surface area contributed by atoms with Gasteiger partial charge in [-0.15, -0.1) is 0 Å². The van der Waals surface area contributed by atoms with Gasteiger partial charge in [0.05, 0.1) is 19.5 Å². The number of hydrogen-bond acceptors (Lipinski definition) is 7. The van der Waals surface area contributed by atoms with Crippen molar-refractivity contribution in [1.29, 1.82) is 0 Å². The van der Waals surface area contributed by atoms with Crippen molar-refractivity contribution in [2.45, 2.75) is 155 Å². The third-order valence-electron chi connectivity index (χ3n) is 7.86. The summed E-state index contributed by atoms with van der Waals surface area (Å²) in [6.07, 6.45) is 51.2. The Morgan fingerprint density at radius 1 is 0.615 bits per heavy atom. The summed E-state index contributed by atoms with van der Waals surface area (Å²) in [5.41, 5.74) is 5.35. The van der Waals surface area contributed by atoms with Crippen LogP contribution in [0.1, 0.15) is 149 Å². The van der Waals surface area contributed by atoms with E-state index in [4.69, 9.17) is 24.3 Å². The summed E-state index contributed by atoms with van der Waals surface area (Å²) < 4.78 is 33.0. The van der Waals surface area contributed by atoms with Crippen LogP contribution in [0.5, 0.6) is 0 Å². The lowest BCUT2D eigenvalue weighted by Gasteiger charge is -2.19. The summed E-state index contributed by atoms with van der Waals surface area (Å²) in [5.74, 6) is -0.414. The fraction of sp³-hybridized carbons (Fsp3) is 0.651. The molecule has 0 aromatic heterocycles. The van der Waals surface area contributed by atoms with E-state index in [0.717, 1.165) is 51.4 Å². The van der Waals surface area contributed by atoms with E-state index in [1.54, 1.807) is 6.26 Å². The van der Waals surface area contributed by atoms with Crippen molar-refractivity contribution in [3.05, 3.63) is 85.3 Å². The van der Waals surface area contributed by atoms with E-state index in [-0.39, 0.29) is 32.8 Å². The maximum absolute atomic E-state index is 12.5. The van der Waals surface area contributed by atoms with Gasteiger partial charge in [0.1, 0.15) is 6.61 Å². The molecule has 298 valence electrons. The highest BCUT2D eigenvalue weighted by Gasteiger charge is 2.25. The van der Waals surface area contributed by atoms with Crippen LogP contribution in [0.15, 0.2) is 85.3 Å². The standard InChI is InChI=1S/C43H74NO7P/c1-3-5-7-9-11-13-15-17-19-21-22-24-26-28-30-32-34-36-43(45)51-42(41-50-52(46,47)49-39-37-44)40-48-38-35-33-31-29-27-25-23-20-18-16-14-12-10-8-6-4-2/h5,7,11,13-14,16-17,19,22,24,28,30,35,38,42H,3-4,6,8-10,12,15,18,20-21,23,25-27,29,31-34,36-37,39-41,44H2,1-2H3,(H,46,47). The topological polar surface area (TPSA) is 117 Å². The first kappa shape index (κ1) is 49.5. The molecule has 0 aliphatic heterocycles. The third-order valence-corrected chi connectivity index (χ3v) is 8.84. The van der Waals surface area contributed by atoms with Gasteiger partial charge in [0.25, 0.3) is 0 Å². The van der Waals surface area contributed by atoms with Gasteiger partial charge in [0.2, 0.25) is 0 Å². The summed E-state index contributed by atoms with van der Waals surface area (Å²) >= 11 is 0. The average Bonchev–Trinajstić information content (AvgIpc) is 3.13. The number of nitrogens with two attached hydrogens (primary N) is 1. The number of carbonyl (C=O) groups excluding carboxylic acids is 1. The Hall–Kier alpha value is -2.48. The van der Waals surface area contributed by atoms with Gasteiger partial charge >= 0.3 is 13.8 Å². The van der Waals surface area contributed by atoms with Gasteiger partial charge in [0, 0.05) is 13.0 Å². The van der Waals surface area contributed by atoms with Crippen LogP contribution in [0.3, 0.4) is 0 Å². The molecule has 9 heteroatoms. The molecule has 0 aromatic carbocycles. The third kappa shape index (κ3) is 38.7. The lowest BCUT2D eigenvalue weighted by molar-refractivity contribution is -0.153. The largest absolute Gasteiger partial charge is 0.498 e. The molecule has 0 aromatic rings. The molecular weight excluding hydrogens is 673 g/mol. The molecule has 0 aliphatic rings. The number of allylic oxidation sites excluding steroid dienone is 13. The minimum absolute atomic E-state index is 0.00108. The Balaban J connectivity index is 4.26. The molecule has 2 unspecified atom stereocenters. The predicted molar refractivity (Wildman–Crippen MR) is 219 cm³/mol. The highest BCUT2D eigenvalue weighted by atomic mass is 31.2. The summed E-state index contributed by atoms with van der Waals surface area (Å²) in [6, 6.07) is 0. The van der Waals surface area contributed by atoms with Crippen molar-refractivity contribution >= 4 is 13.8 Å². The quantitative estimate of drug-likeness (QED) is 0.0212. The van der Waals surface area contributed by atoms with Crippen molar-refractivity contribution in [3.8, 4) is 0 Å². The maximum atomic E-state index is 12.5. The smallest absolute Gasteiger partial charge is 0.472 e. The maximum Gasteiger partial charge on any atom is 0.472 e. The van der Waals surface area contributed by atoms with Gasteiger partial charge in [-0.2, -0.15) is 0 Å². The number of rotatable bonds is 37. The van der Waals surface area contributed by atoms with Gasteiger partial charge in [-0.05, 0) is 89.5 Å². The van der Waals surface area contributed by atoms with Crippen LogP contribution in [-0.2, 0) is 27.9 Å². The molecule has 0 saturated heterocycles. The fourth-order valence-electron chi connectivity index (χ4n) is 4.93. The van der Waals surface area contributed by atoms with Gasteiger partial charge in [0.15, 0.2) is 6.10 Å². The normalized spacial score (nSPS) is 14.4. The fourth-order valence-corrected chi connectivity index (χ4v) is 5.70. The highest BCUT2D eigenvalue weighted by molar-refractivity contribution is 7.47. The Labute approximate surface area is 318 Å². The molecular formula is C43H74NO7P. The molecule has 0 rings (SSSR count). The molecule has 3 N–H and O–H groups in total. The second kappa shape index (κ2) is 39.7. The minimum atomic E-state index is -4.31. The van der Waals surface area contributed by atoms with E-state index in [2.05, 4.69) is 86.8 Å². The van der Waals surface area contributed by atoms with E-state index in [1.165, 1.54) is 70.6 Å². The molecule has 8 nitrogen and oxygen atoms in total. The van der Waals surface area contributed by atoms with Crippen LogP contribution in [0.4, 0.5) is 0 Å². The Bertz CT molecular complexity index is 1060. The first-order chi connectivity index (χ1) is 25.4. The molecule has 2 atom stereocenters. The van der Waals surface area contributed by atoms with E-state index >= 15 is 0 Å². The summed E-state index contributed by atoms with van der Waals surface area (Å²) in [7, 11) is -4.31. The van der Waals surface area contributed by atoms with Gasteiger partial charge < -0.3 is 20.1 Å². The lowest BCUT2D eigenvalue weighted by Crippen LogP contribution is -2.27. The van der Waals surface area contributed by atoms with Crippen LogP contribution in [0.25, 0.3) is 0 Å². The van der Waals surface area contributed by atoms with E-state index in [9.17, 15) is 14.3 Å². The lowest BCUT2D eigenvalue weighted by atomic mass is 10.1. The van der Waals surface area contributed by atoms with Crippen molar-refractivity contribution in [2.75, 3.05) is 26.4 Å². The van der Waals surface area contributed by atoms with Gasteiger partial charge in [-0.1, -0.05) is 132 Å². The first-order valence-corrected chi connectivity index (χ1v) is 21.6.